The first-order valence-electron chi connectivity index (χ1n) is 8.18. The van der Waals surface area contributed by atoms with Gasteiger partial charge in [-0.2, -0.15) is 4.57 Å². The predicted octanol–water partition coefficient (Wildman–Crippen LogP) is 3.25. The zero-order chi connectivity index (χ0) is 19.2. The molecular weight excluding hydrogens is 363 g/mol. The number of hydrogen-bond donors (Lipinski definition) is 1. The summed E-state index contributed by atoms with van der Waals surface area (Å²) in [7, 11) is 1.56. The van der Waals surface area contributed by atoms with Crippen molar-refractivity contribution >= 4 is 34.3 Å². The van der Waals surface area contributed by atoms with Gasteiger partial charge >= 0.3 is 0 Å². The minimum atomic E-state index is -0.450. The number of benzene rings is 2. The first-order chi connectivity index (χ1) is 13.1. The maximum Gasteiger partial charge on any atom is 0.238 e. The SMILES string of the molecule is COc1ccc(C([O-])=C(C(=S)Nc2ccccc2F)[n+]2ccccc2)cc1. The summed E-state index contributed by atoms with van der Waals surface area (Å²) in [6.45, 7) is 0. The van der Waals surface area contributed by atoms with Gasteiger partial charge in [0.1, 0.15) is 11.6 Å². The molecule has 3 aromatic rings. The molecule has 0 amide bonds. The molecule has 0 aliphatic heterocycles. The fourth-order valence-corrected chi connectivity index (χ4v) is 2.82. The Morgan fingerprint density at radius 3 is 2.30 bits per heavy atom. The number of nitrogens with one attached hydrogen (secondary N) is 1. The van der Waals surface area contributed by atoms with E-state index in [0.717, 1.165) is 0 Å². The summed E-state index contributed by atoms with van der Waals surface area (Å²) in [4.78, 5) is 0.122. The average molecular weight is 380 g/mol. The number of para-hydroxylation sites is 1. The molecule has 0 fully saturated rings. The second-order valence-corrected chi connectivity index (χ2v) is 6.03. The van der Waals surface area contributed by atoms with Crippen molar-refractivity contribution in [1.82, 2.24) is 0 Å². The lowest BCUT2D eigenvalue weighted by Crippen LogP contribution is -2.39. The van der Waals surface area contributed by atoms with Crippen LogP contribution < -0.4 is 19.7 Å². The Bertz CT molecular complexity index is 973. The van der Waals surface area contributed by atoms with E-state index < -0.39 is 5.82 Å². The van der Waals surface area contributed by atoms with Crippen molar-refractivity contribution in [2.45, 2.75) is 0 Å². The molecule has 1 N–H and O–H groups in total. The molecule has 6 heteroatoms. The first-order valence-corrected chi connectivity index (χ1v) is 8.59. The van der Waals surface area contributed by atoms with Crippen LogP contribution in [0.4, 0.5) is 10.1 Å². The van der Waals surface area contributed by atoms with Crippen molar-refractivity contribution in [1.29, 1.82) is 0 Å². The molecule has 0 spiro atoms. The number of rotatable bonds is 5. The van der Waals surface area contributed by atoms with Crippen molar-refractivity contribution in [2.24, 2.45) is 0 Å². The van der Waals surface area contributed by atoms with Crippen LogP contribution in [0.15, 0.2) is 79.1 Å². The molecule has 136 valence electrons. The topological polar surface area (TPSA) is 48.2 Å². The van der Waals surface area contributed by atoms with E-state index in [1.807, 2.05) is 6.07 Å². The van der Waals surface area contributed by atoms with E-state index >= 15 is 0 Å². The van der Waals surface area contributed by atoms with Crippen LogP contribution in [-0.4, -0.2) is 12.1 Å². The Morgan fingerprint density at radius 2 is 1.67 bits per heavy atom. The van der Waals surface area contributed by atoms with Crippen LogP contribution in [0.1, 0.15) is 5.56 Å². The van der Waals surface area contributed by atoms with Gasteiger partial charge in [0.2, 0.25) is 5.70 Å². The normalized spacial score (nSPS) is 11.5. The molecule has 27 heavy (non-hydrogen) atoms. The fourth-order valence-electron chi connectivity index (χ4n) is 2.51. The summed E-state index contributed by atoms with van der Waals surface area (Å²) in [5.41, 5.74) is 0.873. The monoisotopic (exact) mass is 380 g/mol. The third-order valence-corrected chi connectivity index (χ3v) is 4.17. The van der Waals surface area contributed by atoms with Gasteiger partial charge in [-0.1, -0.05) is 42.5 Å². The Morgan fingerprint density at radius 1 is 1.00 bits per heavy atom. The molecule has 0 saturated carbocycles. The van der Waals surface area contributed by atoms with Gasteiger partial charge in [0.15, 0.2) is 17.4 Å². The quantitative estimate of drug-likeness (QED) is 0.320. The standard InChI is InChI=1S/C21H17FN2O2S/c1-26-16-11-9-15(10-12-16)20(25)19(24-13-5-2-6-14-24)21(27)23-18-8-4-3-7-17(18)22/h2-14H,1H3,(H-,23,25,27). The minimum Gasteiger partial charge on any atom is -0.867 e. The molecule has 0 aliphatic rings. The number of pyridine rings is 1. The van der Waals surface area contributed by atoms with Gasteiger partial charge in [-0.05, 0) is 35.6 Å². The van der Waals surface area contributed by atoms with Crippen LogP contribution in [-0.2, 0) is 0 Å². The van der Waals surface area contributed by atoms with E-state index in [4.69, 9.17) is 17.0 Å². The van der Waals surface area contributed by atoms with Crippen LogP contribution in [0.2, 0.25) is 0 Å². The van der Waals surface area contributed by atoms with E-state index in [1.165, 1.54) is 6.07 Å². The summed E-state index contributed by atoms with van der Waals surface area (Å²) >= 11 is 5.44. The molecule has 0 saturated heterocycles. The van der Waals surface area contributed by atoms with E-state index in [0.29, 0.717) is 11.3 Å². The van der Waals surface area contributed by atoms with Crippen molar-refractivity contribution < 1.29 is 18.8 Å². The number of thiocarbonyl (C=S) groups is 1. The fraction of sp³-hybridized carbons (Fsp3) is 0.0476. The molecule has 2 aromatic carbocycles. The number of hydrogen-bond acceptors (Lipinski definition) is 3. The molecule has 0 radical (unpaired) electrons. The van der Waals surface area contributed by atoms with Crippen molar-refractivity contribution in [3.63, 3.8) is 0 Å². The van der Waals surface area contributed by atoms with Crippen LogP contribution in [0.5, 0.6) is 5.75 Å². The summed E-state index contributed by atoms with van der Waals surface area (Å²) in [5, 5.41) is 16.0. The van der Waals surface area contributed by atoms with E-state index in [-0.39, 0.29) is 22.1 Å². The Labute approximate surface area is 162 Å². The maximum absolute atomic E-state index is 14.0. The highest BCUT2D eigenvalue weighted by molar-refractivity contribution is 7.81. The van der Waals surface area contributed by atoms with E-state index in [9.17, 15) is 9.50 Å². The summed E-state index contributed by atoms with van der Waals surface area (Å²) in [5.74, 6) is -0.0932. The molecule has 1 heterocycles. The van der Waals surface area contributed by atoms with Crippen molar-refractivity contribution in [3.05, 3.63) is 90.5 Å². The predicted molar refractivity (Wildman–Crippen MR) is 105 cm³/mol. The Balaban J connectivity index is 2.05. The molecule has 0 atom stereocenters. The highest BCUT2D eigenvalue weighted by atomic mass is 32.1. The zero-order valence-corrected chi connectivity index (χ0v) is 15.4. The van der Waals surface area contributed by atoms with Crippen LogP contribution in [0.3, 0.4) is 0 Å². The van der Waals surface area contributed by atoms with Crippen LogP contribution in [0.25, 0.3) is 11.5 Å². The maximum atomic E-state index is 14.0. The summed E-state index contributed by atoms with van der Waals surface area (Å²) in [6, 6.07) is 18.3. The third-order valence-electron chi connectivity index (χ3n) is 3.88. The lowest BCUT2D eigenvalue weighted by Gasteiger charge is -2.17. The van der Waals surface area contributed by atoms with Gasteiger partial charge in [-0.15, -0.1) is 0 Å². The molecule has 0 unspecified atom stereocenters. The van der Waals surface area contributed by atoms with Gasteiger partial charge in [-0.3, -0.25) is 0 Å². The molecule has 0 aliphatic carbocycles. The lowest BCUT2D eigenvalue weighted by atomic mass is 10.1. The van der Waals surface area contributed by atoms with Gasteiger partial charge in [-0.25, -0.2) is 4.39 Å². The van der Waals surface area contributed by atoms with Gasteiger partial charge in [0.05, 0.1) is 12.8 Å². The van der Waals surface area contributed by atoms with Crippen molar-refractivity contribution in [2.75, 3.05) is 12.4 Å². The number of halogens is 1. The first kappa shape index (κ1) is 18.5. The minimum absolute atomic E-state index is 0.122. The zero-order valence-electron chi connectivity index (χ0n) is 14.6. The molecule has 0 bridgehead atoms. The molecule has 3 rings (SSSR count). The number of ether oxygens (including phenoxy) is 1. The van der Waals surface area contributed by atoms with Crippen molar-refractivity contribution in [3.8, 4) is 5.75 Å². The van der Waals surface area contributed by atoms with E-state index in [2.05, 4.69) is 5.32 Å². The Hall–Kier alpha value is -3.25. The second-order valence-electron chi connectivity index (χ2n) is 5.62. The second kappa shape index (κ2) is 8.42. The number of methoxy groups -OCH3 is 1. The third kappa shape index (κ3) is 4.30. The van der Waals surface area contributed by atoms with Gasteiger partial charge in [0, 0.05) is 12.1 Å². The van der Waals surface area contributed by atoms with Gasteiger partial charge in [0.25, 0.3) is 0 Å². The molecular formula is C21H17FN2O2S. The number of aromatic nitrogens is 1. The van der Waals surface area contributed by atoms with Gasteiger partial charge < -0.3 is 15.2 Å². The Kier molecular flexibility index (Phi) is 5.78. The largest absolute Gasteiger partial charge is 0.867 e. The van der Waals surface area contributed by atoms with Crippen LogP contribution >= 0.6 is 12.2 Å². The summed E-state index contributed by atoms with van der Waals surface area (Å²) < 4.78 is 20.7. The summed E-state index contributed by atoms with van der Waals surface area (Å²) in [6.07, 6.45) is 3.43. The van der Waals surface area contributed by atoms with E-state index in [1.54, 1.807) is 78.7 Å². The average Bonchev–Trinajstić information content (AvgIpc) is 2.71. The molecule has 4 nitrogen and oxygen atoms in total. The number of anilines is 1. The highest BCUT2D eigenvalue weighted by Gasteiger charge is 2.19. The highest BCUT2D eigenvalue weighted by Crippen LogP contribution is 2.20. The smallest absolute Gasteiger partial charge is 0.238 e. The molecule has 1 aromatic heterocycles. The lowest BCUT2D eigenvalue weighted by molar-refractivity contribution is -0.577. The number of nitrogens with zero attached hydrogens (tertiary/aromatic N) is 1. The van der Waals surface area contributed by atoms with Crippen LogP contribution in [0, 0.1) is 5.82 Å².